The van der Waals surface area contributed by atoms with Gasteiger partial charge in [-0.1, -0.05) is 46.0 Å². The van der Waals surface area contributed by atoms with Crippen molar-refractivity contribution < 1.29 is 0 Å². The molecule has 3 N–H and O–H groups in total. The highest BCUT2D eigenvalue weighted by Gasteiger charge is 2.20. The first-order chi connectivity index (χ1) is 7.74. The Hall–Kier alpha value is -0.0800. The molecule has 1 aliphatic rings. The molecule has 2 heteroatoms. The molecule has 0 aliphatic heterocycles. The summed E-state index contributed by atoms with van der Waals surface area (Å²) in [5.74, 6) is 7.35. The molecule has 16 heavy (non-hydrogen) atoms. The molecule has 1 fully saturated rings. The highest BCUT2D eigenvalue weighted by Crippen LogP contribution is 2.27. The molecule has 0 saturated heterocycles. The van der Waals surface area contributed by atoms with Gasteiger partial charge in [-0.2, -0.15) is 0 Å². The lowest BCUT2D eigenvalue weighted by molar-refractivity contribution is 0.264. The summed E-state index contributed by atoms with van der Waals surface area (Å²) < 4.78 is 0. The SMILES string of the molecule is CC(C)CCC(NN)C1CCCCCCC1. The van der Waals surface area contributed by atoms with Gasteiger partial charge in [0.05, 0.1) is 0 Å². The number of hydrazine groups is 1. The second-order valence-corrected chi connectivity index (χ2v) is 5.85. The topological polar surface area (TPSA) is 38.0 Å². The third kappa shape index (κ3) is 5.31. The maximum Gasteiger partial charge on any atom is 0.0238 e. The van der Waals surface area contributed by atoms with Crippen LogP contribution in [0.3, 0.4) is 0 Å². The average Bonchev–Trinajstić information content (AvgIpc) is 2.20. The van der Waals surface area contributed by atoms with E-state index >= 15 is 0 Å². The zero-order valence-corrected chi connectivity index (χ0v) is 11.2. The lowest BCUT2D eigenvalue weighted by atomic mass is 9.83. The molecule has 96 valence electrons. The van der Waals surface area contributed by atoms with Gasteiger partial charge in [0.15, 0.2) is 0 Å². The normalized spacial score (nSPS) is 21.8. The molecule has 0 aromatic carbocycles. The first-order valence-electron chi connectivity index (χ1n) is 7.20. The fraction of sp³-hybridized carbons (Fsp3) is 1.00. The van der Waals surface area contributed by atoms with E-state index in [4.69, 9.17) is 5.84 Å². The summed E-state index contributed by atoms with van der Waals surface area (Å²) in [5.41, 5.74) is 3.08. The zero-order chi connectivity index (χ0) is 11.8. The van der Waals surface area contributed by atoms with Crippen molar-refractivity contribution in [2.45, 2.75) is 77.7 Å². The molecule has 0 radical (unpaired) electrons. The Morgan fingerprint density at radius 3 is 2.06 bits per heavy atom. The third-order valence-electron chi connectivity index (χ3n) is 3.99. The van der Waals surface area contributed by atoms with E-state index in [-0.39, 0.29) is 0 Å². The van der Waals surface area contributed by atoms with Crippen LogP contribution < -0.4 is 11.3 Å². The predicted octanol–water partition coefficient (Wildman–Crippen LogP) is 3.62. The molecule has 0 heterocycles. The maximum atomic E-state index is 5.73. The molecule has 0 spiro atoms. The molecular formula is C14H30N2. The minimum atomic E-state index is 0.556. The van der Waals surface area contributed by atoms with Crippen LogP contribution in [-0.4, -0.2) is 6.04 Å². The van der Waals surface area contributed by atoms with Crippen molar-refractivity contribution in [1.82, 2.24) is 5.43 Å². The average molecular weight is 226 g/mol. The summed E-state index contributed by atoms with van der Waals surface area (Å²) in [7, 11) is 0. The predicted molar refractivity (Wildman–Crippen MR) is 71.0 cm³/mol. The fourth-order valence-corrected chi connectivity index (χ4v) is 2.86. The maximum absolute atomic E-state index is 5.73. The van der Waals surface area contributed by atoms with Crippen LogP contribution in [0.4, 0.5) is 0 Å². The van der Waals surface area contributed by atoms with E-state index in [2.05, 4.69) is 19.3 Å². The van der Waals surface area contributed by atoms with Gasteiger partial charge in [-0.25, -0.2) is 0 Å². The van der Waals surface area contributed by atoms with Crippen LogP contribution in [0, 0.1) is 11.8 Å². The van der Waals surface area contributed by atoms with Crippen molar-refractivity contribution in [2.75, 3.05) is 0 Å². The third-order valence-corrected chi connectivity index (χ3v) is 3.99. The lowest BCUT2D eigenvalue weighted by Gasteiger charge is -2.28. The Morgan fingerprint density at radius 1 is 1.00 bits per heavy atom. The Bertz CT molecular complexity index is 160. The first kappa shape index (κ1) is 14.0. The van der Waals surface area contributed by atoms with Gasteiger partial charge in [-0.05, 0) is 37.5 Å². The van der Waals surface area contributed by atoms with Crippen LogP contribution in [0.25, 0.3) is 0 Å². The second-order valence-electron chi connectivity index (χ2n) is 5.85. The summed E-state index contributed by atoms with van der Waals surface area (Å²) in [5, 5.41) is 0. The molecule has 0 amide bonds. The first-order valence-corrected chi connectivity index (χ1v) is 7.20. The monoisotopic (exact) mass is 226 g/mol. The van der Waals surface area contributed by atoms with Gasteiger partial charge in [0.1, 0.15) is 0 Å². The summed E-state index contributed by atoms with van der Waals surface area (Å²) >= 11 is 0. The number of nitrogens with one attached hydrogen (secondary N) is 1. The lowest BCUT2D eigenvalue weighted by Crippen LogP contribution is -2.41. The van der Waals surface area contributed by atoms with Crippen LogP contribution >= 0.6 is 0 Å². The van der Waals surface area contributed by atoms with Crippen molar-refractivity contribution in [2.24, 2.45) is 17.7 Å². The minimum absolute atomic E-state index is 0.556. The standard InChI is InChI=1S/C14H30N2/c1-12(2)10-11-14(16-15)13-8-6-4-3-5-7-9-13/h12-14,16H,3-11,15H2,1-2H3. The number of nitrogens with two attached hydrogens (primary N) is 1. The Kier molecular flexibility index (Phi) is 7.06. The van der Waals surface area contributed by atoms with Crippen molar-refractivity contribution in [1.29, 1.82) is 0 Å². The zero-order valence-electron chi connectivity index (χ0n) is 11.2. The molecule has 1 saturated carbocycles. The minimum Gasteiger partial charge on any atom is -0.271 e. The van der Waals surface area contributed by atoms with Crippen molar-refractivity contribution in [3.8, 4) is 0 Å². The van der Waals surface area contributed by atoms with Gasteiger partial charge in [0.2, 0.25) is 0 Å². The molecule has 1 rings (SSSR count). The van der Waals surface area contributed by atoms with Gasteiger partial charge in [-0.3, -0.25) is 11.3 Å². The molecule has 0 aromatic rings. The Labute approximate surface area is 101 Å². The Balaban J connectivity index is 2.35. The number of rotatable bonds is 5. The second kappa shape index (κ2) is 8.08. The van der Waals surface area contributed by atoms with E-state index in [0.717, 1.165) is 11.8 Å². The summed E-state index contributed by atoms with van der Waals surface area (Å²) in [4.78, 5) is 0. The molecule has 0 bridgehead atoms. The van der Waals surface area contributed by atoms with E-state index in [9.17, 15) is 0 Å². The van der Waals surface area contributed by atoms with Gasteiger partial charge in [0, 0.05) is 6.04 Å². The molecule has 2 nitrogen and oxygen atoms in total. The van der Waals surface area contributed by atoms with E-state index in [1.165, 1.54) is 57.8 Å². The van der Waals surface area contributed by atoms with Gasteiger partial charge >= 0.3 is 0 Å². The largest absolute Gasteiger partial charge is 0.271 e. The molecular weight excluding hydrogens is 196 g/mol. The van der Waals surface area contributed by atoms with Gasteiger partial charge < -0.3 is 0 Å². The van der Waals surface area contributed by atoms with Gasteiger partial charge in [0.25, 0.3) is 0 Å². The smallest absolute Gasteiger partial charge is 0.0238 e. The molecule has 1 atom stereocenters. The molecule has 1 unspecified atom stereocenters. The summed E-state index contributed by atoms with van der Waals surface area (Å²) in [6.07, 6.45) is 12.4. The van der Waals surface area contributed by atoms with Crippen LogP contribution in [0.2, 0.25) is 0 Å². The highest BCUT2D eigenvalue weighted by atomic mass is 15.2. The van der Waals surface area contributed by atoms with Crippen LogP contribution in [0.5, 0.6) is 0 Å². The van der Waals surface area contributed by atoms with Crippen LogP contribution in [-0.2, 0) is 0 Å². The van der Waals surface area contributed by atoms with E-state index in [0.29, 0.717) is 6.04 Å². The van der Waals surface area contributed by atoms with E-state index in [1.54, 1.807) is 0 Å². The Morgan fingerprint density at radius 2 is 1.56 bits per heavy atom. The van der Waals surface area contributed by atoms with E-state index in [1.807, 2.05) is 0 Å². The van der Waals surface area contributed by atoms with Crippen molar-refractivity contribution in [3.05, 3.63) is 0 Å². The number of hydrogen-bond acceptors (Lipinski definition) is 2. The summed E-state index contributed by atoms with van der Waals surface area (Å²) in [6.45, 7) is 4.59. The molecule has 1 aliphatic carbocycles. The number of hydrogen-bond donors (Lipinski definition) is 2. The van der Waals surface area contributed by atoms with Crippen molar-refractivity contribution >= 4 is 0 Å². The molecule has 0 aromatic heterocycles. The van der Waals surface area contributed by atoms with Gasteiger partial charge in [-0.15, -0.1) is 0 Å². The van der Waals surface area contributed by atoms with Crippen LogP contribution in [0.1, 0.15) is 71.6 Å². The van der Waals surface area contributed by atoms with Crippen molar-refractivity contribution in [3.63, 3.8) is 0 Å². The fourth-order valence-electron chi connectivity index (χ4n) is 2.86. The quantitative estimate of drug-likeness (QED) is 0.555. The van der Waals surface area contributed by atoms with E-state index < -0.39 is 0 Å². The summed E-state index contributed by atoms with van der Waals surface area (Å²) in [6, 6.07) is 0.556. The van der Waals surface area contributed by atoms with Crippen LogP contribution in [0.15, 0.2) is 0 Å². The highest BCUT2D eigenvalue weighted by molar-refractivity contribution is 4.76.